The summed E-state index contributed by atoms with van der Waals surface area (Å²) in [6.45, 7) is 1.44. The van der Waals surface area contributed by atoms with Crippen LogP contribution in [0.5, 0.6) is 0 Å². The van der Waals surface area contributed by atoms with Crippen molar-refractivity contribution < 1.29 is 8.78 Å². The number of hydrogen-bond donors (Lipinski definition) is 1. The zero-order valence-electron chi connectivity index (χ0n) is 10.0. The number of rotatable bonds is 3. The van der Waals surface area contributed by atoms with Gasteiger partial charge in [0, 0.05) is 6.54 Å². The lowest BCUT2D eigenvalue weighted by atomic mass is 10.0. The van der Waals surface area contributed by atoms with Gasteiger partial charge in [-0.15, -0.1) is 0 Å². The average Bonchev–Trinajstić information content (AvgIpc) is 2.34. The van der Waals surface area contributed by atoms with Gasteiger partial charge in [0.1, 0.15) is 0 Å². The van der Waals surface area contributed by atoms with Crippen molar-refractivity contribution >= 4 is 17.2 Å². The van der Waals surface area contributed by atoms with Crippen molar-refractivity contribution in [1.82, 2.24) is 4.90 Å². The normalized spacial score (nSPS) is 20.9. The summed E-state index contributed by atoms with van der Waals surface area (Å²) in [6, 6.07) is 4.07. The smallest absolute Gasteiger partial charge is 0.159 e. The van der Waals surface area contributed by atoms with E-state index in [9.17, 15) is 8.78 Å². The predicted octanol–water partition coefficient (Wildman–Crippen LogP) is 2.61. The molecule has 0 aromatic heterocycles. The van der Waals surface area contributed by atoms with Crippen LogP contribution >= 0.6 is 12.2 Å². The summed E-state index contributed by atoms with van der Waals surface area (Å²) in [6.07, 6.45) is 3.14. The molecule has 1 aliphatic heterocycles. The number of thiocarbonyl (C=S) groups is 1. The van der Waals surface area contributed by atoms with Crippen LogP contribution in [0.1, 0.15) is 24.8 Å². The van der Waals surface area contributed by atoms with E-state index >= 15 is 0 Å². The van der Waals surface area contributed by atoms with E-state index in [1.807, 2.05) is 0 Å². The molecule has 1 saturated heterocycles. The van der Waals surface area contributed by atoms with E-state index in [0.717, 1.165) is 37.4 Å². The second-order valence-corrected chi connectivity index (χ2v) is 5.10. The molecule has 1 atom stereocenters. The Morgan fingerprint density at radius 3 is 2.78 bits per heavy atom. The summed E-state index contributed by atoms with van der Waals surface area (Å²) in [4.78, 5) is 2.62. The Balaban J connectivity index is 2.10. The van der Waals surface area contributed by atoms with Gasteiger partial charge in [-0.25, -0.2) is 8.78 Å². The zero-order chi connectivity index (χ0) is 13.1. The topological polar surface area (TPSA) is 29.3 Å². The fourth-order valence-electron chi connectivity index (χ4n) is 2.37. The molecule has 0 spiro atoms. The van der Waals surface area contributed by atoms with Gasteiger partial charge in [-0.05, 0) is 37.1 Å². The van der Waals surface area contributed by atoms with E-state index in [1.54, 1.807) is 6.07 Å². The number of piperidine rings is 1. The van der Waals surface area contributed by atoms with Crippen molar-refractivity contribution in [3.05, 3.63) is 35.4 Å². The van der Waals surface area contributed by atoms with Crippen LogP contribution in [0, 0.1) is 11.6 Å². The predicted molar refractivity (Wildman–Crippen MR) is 71.2 cm³/mol. The molecule has 1 heterocycles. The molecule has 0 amide bonds. The van der Waals surface area contributed by atoms with E-state index in [2.05, 4.69) is 4.90 Å². The maximum atomic E-state index is 13.1. The fraction of sp³-hybridized carbons (Fsp3) is 0.462. The lowest BCUT2D eigenvalue weighted by molar-refractivity contribution is 0.184. The molecule has 1 aliphatic rings. The van der Waals surface area contributed by atoms with Gasteiger partial charge in [0.15, 0.2) is 11.6 Å². The molecule has 1 aromatic carbocycles. The molecule has 5 heteroatoms. The minimum absolute atomic E-state index is 0.0712. The number of hydrogen-bond acceptors (Lipinski definition) is 2. The Morgan fingerprint density at radius 1 is 1.33 bits per heavy atom. The summed E-state index contributed by atoms with van der Waals surface area (Å²) < 4.78 is 26.0. The molecule has 1 unspecified atom stereocenters. The van der Waals surface area contributed by atoms with Gasteiger partial charge < -0.3 is 5.73 Å². The molecule has 2 nitrogen and oxygen atoms in total. The van der Waals surface area contributed by atoms with Crippen LogP contribution in [0.4, 0.5) is 8.78 Å². The summed E-state index contributed by atoms with van der Waals surface area (Å²) >= 11 is 5.06. The first-order valence-electron chi connectivity index (χ1n) is 6.05. The lowest BCUT2D eigenvalue weighted by Gasteiger charge is -2.35. The maximum Gasteiger partial charge on any atom is 0.159 e. The molecule has 1 fully saturated rings. The third kappa shape index (κ3) is 3.03. The summed E-state index contributed by atoms with van der Waals surface area (Å²) in [5, 5.41) is 0. The van der Waals surface area contributed by atoms with Gasteiger partial charge in [-0.3, -0.25) is 4.90 Å². The van der Waals surface area contributed by atoms with Gasteiger partial charge in [-0.1, -0.05) is 24.7 Å². The first-order valence-corrected chi connectivity index (χ1v) is 6.46. The van der Waals surface area contributed by atoms with Crippen molar-refractivity contribution in [2.45, 2.75) is 31.8 Å². The minimum atomic E-state index is -0.816. The van der Waals surface area contributed by atoms with Crippen molar-refractivity contribution in [2.75, 3.05) is 6.54 Å². The van der Waals surface area contributed by atoms with Gasteiger partial charge in [0.2, 0.25) is 0 Å². The first kappa shape index (κ1) is 13.4. The molecule has 2 N–H and O–H groups in total. The molecular weight excluding hydrogens is 254 g/mol. The second-order valence-electron chi connectivity index (χ2n) is 4.63. The number of benzene rings is 1. The van der Waals surface area contributed by atoms with E-state index < -0.39 is 11.6 Å². The standard InChI is InChI=1S/C13H16F2N2S/c14-10-5-4-9(7-11(10)15)8-17-6-2-1-3-12(17)13(16)18/h4-5,7,12H,1-3,6,8H2,(H2,16,18). The maximum absolute atomic E-state index is 13.1. The van der Waals surface area contributed by atoms with Crippen LogP contribution in [-0.2, 0) is 6.54 Å². The molecule has 0 saturated carbocycles. The van der Waals surface area contributed by atoms with Crippen LogP contribution in [0.3, 0.4) is 0 Å². The lowest BCUT2D eigenvalue weighted by Crippen LogP contribution is -2.46. The first-order chi connectivity index (χ1) is 8.58. The number of halogens is 2. The Kier molecular flexibility index (Phi) is 4.24. The van der Waals surface area contributed by atoms with Crippen molar-refractivity contribution in [3.8, 4) is 0 Å². The molecule has 0 radical (unpaired) electrons. The van der Waals surface area contributed by atoms with Gasteiger partial charge in [0.25, 0.3) is 0 Å². The highest BCUT2D eigenvalue weighted by Crippen LogP contribution is 2.20. The Hall–Kier alpha value is -1.07. The summed E-state index contributed by atoms with van der Waals surface area (Å²) in [5.41, 5.74) is 6.47. The molecule has 0 bridgehead atoms. The molecule has 2 rings (SSSR count). The molecule has 0 aliphatic carbocycles. The minimum Gasteiger partial charge on any atom is -0.392 e. The van der Waals surface area contributed by atoms with Gasteiger partial charge in [0.05, 0.1) is 11.0 Å². The van der Waals surface area contributed by atoms with E-state index in [-0.39, 0.29) is 6.04 Å². The highest BCUT2D eigenvalue weighted by atomic mass is 32.1. The van der Waals surface area contributed by atoms with E-state index in [1.165, 1.54) is 6.07 Å². The third-order valence-electron chi connectivity index (χ3n) is 3.31. The Labute approximate surface area is 111 Å². The number of nitrogens with zero attached hydrogens (tertiary/aromatic N) is 1. The van der Waals surface area contributed by atoms with Crippen molar-refractivity contribution in [1.29, 1.82) is 0 Å². The zero-order valence-corrected chi connectivity index (χ0v) is 10.9. The highest BCUT2D eigenvalue weighted by Gasteiger charge is 2.24. The van der Waals surface area contributed by atoms with Crippen molar-refractivity contribution in [2.24, 2.45) is 5.73 Å². The van der Waals surface area contributed by atoms with E-state index in [4.69, 9.17) is 18.0 Å². The van der Waals surface area contributed by atoms with Crippen LogP contribution in [0.2, 0.25) is 0 Å². The Bertz CT molecular complexity index is 451. The third-order valence-corrected chi connectivity index (χ3v) is 3.58. The fourth-order valence-corrected chi connectivity index (χ4v) is 2.64. The average molecular weight is 270 g/mol. The van der Waals surface area contributed by atoms with Gasteiger partial charge >= 0.3 is 0 Å². The highest BCUT2D eigenvalue weighted by molar-refractivity contribution is 7.80. The molecule has 98 valence electrons. The summed E-state index contributed by atoms with van der Waals surface area (Å²) in [7, 11) is 0. The number of nitrogens with two attached hydrogens (primary N) is 1. The summed E-state index contributed by atoms with van der Waals surface area (Å²) in [5.74, 6) is -1.63. The second kappa shape index (κ2) is 5.71. The largest absolute Gasteiger partial charge is 0.392 e. The van der Waals surface area contributed by atoms with Crippen molar-refractivity contribution in [3.63, 3.8) is 0 Å². The molecule has 1 aromatic rings. The quantitative estimate of drug-likeness (QED) is 0.856. The monoisotopic (exact) mass is 270 g/mol. The SMILES string of the molecule is NC(=S)C1CCCCN1Cc1ccc(F)c(F)c1. The molecular formula is C13H16F2N2S. The van der Waals surface area contributed by atoms with Crippen LogP contribution in [0.15, 0.2) is 18.2 Å². The Morgan fingerprint density at radius 2 is 2.11 bits per heavy atom. The van der Waals surface area contributed by atoms with Gasteiger partial charge in [-0.2, -0.15) is 0 Å². The van der Waals surface area contributed by atoms with Crippen LogP contribution in [-0.4, -0.2) is 22.5 Å². The number of likely N-dealkylation sites (tertiary alicyclic amines) is 1. The van der Waals surface area contributed by atoms with E-state index in [0.29, 0.717) is 11.5 Å². The van der Waals surface area contributed by atoms with Crippen LogP contribution < -0.4 is 5.73 Å². The molecule has 18 heavy (non-hydrogen) atoms. The van der Waals surface area contributed by atoms with Crippen LogP contribution in [0.25, 0.3) is 0 Å².